The first-order valence-corrected chi connectivity index (χ1v) is 14.2. The topological polar surface area (TPSA) is 55.8 Å². The highest BCUT2D eigenvalue weighted by molar-refractivity contribution is 6.06. The Bertz CT molecular complexity index is 1300. The average molecular weight is 546 g/mol. The third-order valence-electron chi connectivity index (χ3n) is 8.28. The maximum absolute atomic E-state index is 13.9. The zero-order valence-electron chi connectivity index (χ0n) is 24.3. The highest BCUT2D eigenvalue weighted by Gasteiger charge is 2.48. The number of benzene rings is 2. The van der Waals surface area contributed by atoms with Crippen molar-refractivity contribution < 1.29 is 23.5 Å². The van der Waals surface area contributed by atoms with E-state index >= 15 is 0 Å². The predicted octanol–water partition coefficient (Wildman–Crippen LogP) is 7.13. The molecule has 2 aromatic carbocycles. The van der Waals surface area contributed by atoms with Gasteiger partial charge in [-0.15, -0.1) is 0 Å². The number of hydrogen-bond acceptors (Lipinski definition) is 5. The van der Waals surface area contributed by atoms with Crippen molar-refractivity contribution >= 4 is 11.6 Å². The van der Waals surface area contributed by atoms with E-state index in [0.717, 1.165) is 59.5 Å². The molecule has 0 saturated heterocycles. The van der Waals surface area contributed by atoms with Crippen LogP contribution in [0.2, 0.25) is 0 Å². The molecule has 0 spiro atoms. The Morgan fingerprint density at radius 1 is 0.825 bits per heavy atom. The molecule has 0 bridgehead atoms. The van der Waals surface area contributed by atoms with Crippen LogP contribution in [0.1, 0.15) is 76.8 Å². The zero-order chi connectivity index (χ0) is 28.7. The summed E-state index contributed by atoms with van der Waals surface area (Å²) in [6, 6.07) is 14.0. The zero-order valence-corrected chi connectivity index (χ0v) is 24.3. The Hall–Kier alpha value is -3.25. The molecule has 0 saturated carbocycles. The van der Waals surface area contributed by atoms with Gasteiger partial charge in [0.1, 0.15) is 18.2 Å². The van der Waals surface area contributed by atoms with Crippen LogP contribution in [0.25, 0.3) is 0 Å². The van der Waals surface area contributed by atoms with Gasteiger partial charge in [0.05, 0.1) is 0 Å². The first-order valence-electron chi connectivity index (χ1n) is 14.2. The molecule has 2 aromatic rings. The summed E-state index contributed by atoms with van der Waals surface area (Å²) in [6.45, 7) is 10.3. The molecule has 0 fully saturated rings. The van der Waals surface area contributed by atoms with Crippen molar-refractivity contribution in [2.45, 2.75) is 72.3 Å². The lowest BCUT2D eigenvalue weighted by Crippen LogP contribution is -2.44. The number of hydrogen-bond donors (Lipinski definition) is 0. The van der Waals surface area contributed by atoms with Crippen LogP contribution < -0.4 is 4.74 Å². The van der Waals surface area contributed by atoms with E-state index in [0.29, 0.717) is 31.8 Å². The summed E-state index contributed by atoms with van der Waals surface area (Å²) in [6.07, 6.45) is 3.34. The monoisotopic (exact) mass is 545 g/mol. The summed E-state index contributed by atoms with van der Waals surface area (Å²) in [5.74, 6) is 0.298. The van der Waals surface area contributed by atoms with E-state index in [1.807, 2.05) is 24.3 Å². The second-order valence-electron chi connectivity index (χ2n) is 13.0. The van der Waals surface area contributed by atoms with E-state index in [9.17, 15) is 14.0 Å². The van der Waals surface area contributed by atoms with Crippen molar-refractivity contribution in [2.75, 3.05) is 20.3 Å². The van der Waals surface area contributed by atoms with Gasteiger partial charge in [0.2, 0.25) is 0 Å². The standard InChI is InChI=1S/C34H40FNO4/c1-33(2)17-26-31(28(37)19-33)30(23-9-13-25(14-10-23)40-21-22-7-11-24(35)12-8-22)32-27(36(26)15-6-16-39-5)18-34(3,4)20-29(32)38/h7-14,30H,6,15-21H2,1-5H3. The second kappa shape index (κ2) is 11.0. The van der Waals surface area contributed by atoms with Gasteiger partial charge in [0, 0.05) is 61.6 Å². The lowest BCUT2D eigenvalue weighted by molar-refractivity contribution is -0.119. The van der Waals surface area contributed by atoms with Crippen molar-refractivity contribution in [1.82, 2.24) is 4.90 Å². The van der Waals surface area contributed by atoms with E-state index in [4.69, 9.17) is 9.47 Å². The molecule has 1 heterocycles. The molecule has 2 aliphatic carbocycles. The van der Waals surface area contributed by atoms with Gasteiger partial charge in [-0.3, -0.25) is 9.59 Å². The molecule has 0 amide bonds. The van der Waals surface area contributed by atoms with Crippen LogP contribution in [0, 0.1) is 16.6 Å². The van der Waals surface area contributed by atoms with Crippen LogP contribution in [0.4, 0.5) is 4.39 Å². The van der Waals surface area contributed by atoms with Crippen molar-refractivity contribution in [1.29, 1.82) is 0 Å². The number of ether oxygens (including phenoxy) is 2. The fraction of sp³-hybridized carbons (Fsp3) is 0.471. The Morgan fingerprint density at radius 3 is 1.90 bits per heavy atom. The predicted molar refractivity (Wildman–Crippen MR) is 153 cm³/mol. The van der Waals surface area contributed by atoms with E-state index in [2.05, 4.69) is 32.6 Å². The minimum atomic E-state index is -0.373. The molecule has 0 aromatic heterocycles. The van der Waals surface area contributed by atoms with Gasteiger partial charge in [-0.2, -0.15) is 0 Å². The van der Waals surface area contributed by atoms with Gasteiger partial charge >= 0.3 is 0 Å². The third kappa shape index (κ3) is 5.78. The van der Waals surface area contributed by atoms with Crippen LogP contribution >= 0.6 is 0 Å². The third-order valence-corrected chi connectivity index (χ3v) is 8.28. The summed E-state index contributed by atoms with van der Waals surface area (Å²) in [5, 5.41) is 0. The molecular weight excluding hydrogens is 505 g/mol. The molecule has 0 N–H and O–H groups in total. The van der Waals surface area contributed by atoms with Gasteiger partial charge < -0.3 is 14.4 Å². The molecule has 3 aliphatic rings. The van der Waals surface area contributed by atoms with E-state index in [1.165, 1.54) is 12.1 Å². The number of carbonyl (C=O) groups excluding carboxylic acids is 2. The molecule has 40 heavy (non-hydrogen) atoms. The van der Waals surface area contributed by atoms with Gasteiger partial charge in [-0.1, -0.05) is 52.0 Å². The largest absolute Gasteiger partial charge is 0.489 e. The molecule has 212 valence electrons. The minimum absolute atomic E-state index is 0.133. The van der Waals surface area contributed by atoms with Crippen LogP contribution in [-0.4, -0.2) is 36.7 Å². The van der Waals surface area contributed by atoms with E-state index < -0.39 is 0 Å². The maximum atomic E-state index is 13.9. The maximum Gasteiger partial charge on any atom is 0.162 e. The van der Waals surface area contributed by atoms with Gasteiger partial charge in [0.25, 0.3) is 0 Å². The summed E-state index contributed by atoms with van der Waals surface area (Å²) < 4.78 is 24.6. The lowest BCUT2D eigenvalue weighted by Gasteiger charge is -2.49. The lowest BCUT2D eigenvalue weighted by atomic mass is 9.63. The highest BCUT2D eigenvalue weighted by atomic mass is 19.1. The SMILES string of the molecule is COCCCN1C2=C(C(=O)CC(C)(C)C2)C(c2ccc(OCc3ccc(F)cc3)cc2)C2=C1CC(C)(C)CC2=O. The Balaban J connectivity index is 1.54. The minimum Gasteiger partial charge on any atom is -0.489 e. The van der Waals surface area contributed by atoms with Gasteiger partial charge in [0.15, 0.2) is 11.6 Å². The first-order chi connectivity index (χ1) is 19.0. The quantitative estimate of drug-likeness (QED) is 0.331. The summed E-state index contributed by atoms with van der Waals surface area (Å²) in [4.78, 5) is 30.0. The molecule has 0 atom stereocenters. The van der Waals surface area contributed by atoms with Crippen molar-refractivity contribution in [3.8, 4) is 5.75 Å². The summed E-state index contributed by atoms with van der Waals surface area (Å²) in [5.41, 5.74) is 5.22. The van der Waals surface area contributed by atoms with E-state index in [1.54, 1.807) is 19.2 Å². The normalized spacial score (nSPS) is 20.5. The number of Topliss-reactive ketones (excluding diaryl/α,β-unsaturated/α-hetero) is 2. The number of rotatable bonds is 8. The van der Waals surface area contributed by atoms with Crippen LogP contribution in [0.3, 0.4) is 0 Å². The number of nitrogens with zero attached hydrogens (tertiary/aromatic N) is 1. The Labute approximate surface area is 237 Å². The molecular formula is C34H40FNO4. The molecule has 5 nitrogen and oxygen atoms in total. The fourth-order valence-corrected chi connectivity index (χ4v) is 6.52. The van der Waals surface area contributed by atoms with E-state index in [-0.39, 0.29) is 34.1 Å². The number of methoxy groups -OCH3 is 1. The van der Waals surface area contributed by atoms with Crippen LogP contribution in [0.5, 0.6) is 5.75 Å². The summed E-state index contributed by atoms with van der Waals surface area (Å²) in [7, 11) is 1.70. The molecule has 1 aliphatic heterocycles. The highest BCUT2D eigenvalue weighted by Crippen LogP contribution is 2.54. The van der Waals surface area contributed by atoms with Gasteiger partial charge in [-0.05, 0) is 65.5 Å². The average Bonchev–Trinajstić information content (AvgIpc) is 2.88. The fourth-order valence-electron chi connectivity index (χ4n) is 6.52. The molecule has 5 rings (SSSR count). The van der Waals surface area contributed by atoms with Crippen LogP contribution in [0.15, 0.2) is 71.1 Å². The van der Waals surface area contributed by atoms with Crippen molar-refractivity contribution in [2.24, 2.45) is 10.8 Å². The molecule has 6 heteroatoms. The smallest absolute Gasteiger partial charge is 0.162 e. The number of carbonyl (C=O) groups is 2. The Kier molecular flexibility index (Phi) is 7.75. The number of halogens is 1. The number of ketones is 2. The summed E-state index contributed by atoms with van der Waals surface area (Å²) >= 11 is 0. The second-order valence-corrected chi connectivity index (χ2v) is 13.0. The molecule has 0 unspecified atom stereocenters. The van der Waals surface area contributed by atoms with Crippen molar-refractivity contribution in [3.63, 3.8) is 0 Å². The van der Waals surface area contributed by atoms with Gasteiger partial charge in [-0.25, -0.2) is 4.39 Å². The van der Waals surface area contributed by atoms with Crippen molar-refractivity contribution in [3.05, 3.63) is 88.0 Å². The Morgan fingerprint density at radius 2 is 1.38 bits per heavy atom. The molecule has 0 radical (unpaired) electrons. The first kappa shape index (κ1) is 28.3. The number of allylic oxidation sites excluding steroid dienone is 4. The van der Waals surface area contributed by atoms with Crippen LogP contribution in [-0.2, 0) is 20.9 Å².